The molecule has 0 unspecified atom stereocenters. The van der Waals surface area contributed by atoms with Crippen molar-refractivity contribution in [2.24, 2.45) is 5.92 Å². The molecule has 0 bridgehead atoms. The summed E-state index contributed by atoms with van der Waals surface area (Å²) in [6, 6.07) is 38.5. The molecule has 17 heteroatoms. The van der Waals surface area contributed by atoms with Crippen molar-refractivity contribution in [2.75, 3.05) is 61.2 Å². The van der Waals surface area contributed by atoms with Gasteiger partial charge in [-0.1, -0.05) is 53.5 Å². The SMILES string of the molecule is O=C(NS(=O)(=O)c1cccc(N(CC2CCOCC2)[N+](=O)[O-])c1)c1ccc(N2CCN(Cc3ccccc3-c3ccc(C(=O)Nc4ccc5oc(-c6ccccc6)nc5c4)o3)CC2)cc1. The van der Waals surface area contributed by atoms with E-state index in [9.17, 15) is 28.1 Å². The molecule has 2 saturated heterocycles. The molecule has 332 valence electrons. The number of nitrogens with zero attached hydrogens (tertiary/aromatic N) is 5. The lowest BCUT2D eigenvalue weighted by Crippen LogP contribution is -2.46. The summed E-state index contributed by atoms with van der Waals surface area (Å²) in [5.41, 5.74) is 5.75. The second-order valence-electron chi connectivity index (χ2n) is 16.0. The minimum Gasteiger partial charge on any atom is -0.451 e. The lowest BCUT2D eigenvalue weighted by molar-refractivity contribution is -0.495. The van der Waals surface area contributed by atoms with Crippen molar-refractivity contribution in [1.82, 2.24) is 14.6 Å². The van der Waals surface area contributed by atoms with Crippen LogP contribution in [-0.2, 0) is 21.3 Å². The number of hydrogen-bond acceptors (Lipinski definition) is 12. The molecule has 2 N–H and O–H groups in total. The standard InChI is InChI=1S/C48H45N7O9S/c56-46(51-65(60,61)40-11-6-10-39(30-40)54(55(58)59)31-33-21-27-62-28-22-33)34-13-16-38(17-14-34)53-25-23-52(24-26-53)32-36-9-4-5-12-41(36)43-19-20-45(63-43)47(57)49-37-15-18-44-42(29-37)50-48(64-44)35-7-2-1-3-8-35/h1-20,29-30,33H,21-28,31-32H2,(H,49,57)(H,51,56). The summed E-state index contributed by atoms with van der Waals surface area (Å²) in [7, 11) is -4.35. The molecule has 2 aliphatic rings. The number of carbonyl (C=O) groups excluding carboxylic acids is 2. The van der Waals surface area contributed by atoms with Gasteiger partial charge in [0, 0.05) is 74.0 Å². The van der Waals surface area contributed by atoms with Gasteiger partial charge in [0.15, 0.2) is 16.4 Å². The van der Waals surface area contributed by atoms with E-state index in [1.807, 2.05) is 48.5 Å². The van der Waals surface area contributed by atoms with Crippen LogP contribution in [0.15, 0.2) is 147 Å². The van der Waals surface area contributed by atoms with Gasteiger partial charge in [-0.2, -0.15) is 0 Å². The molecule has 0 spiro atoms. The summed E-state index contributed by atoms with van der Waals surface area (Å²) >= 11 is 0. The first-order chi connectivity index (χ1) is 31.6. The second kappa shape index (κ2) is 18.8. The van der Waals surface area contributed by atoms with Crippen LogP contribution in [0, 0.1) is 16.0 Å². The normalized spacial score (nSPS) is 14.9. The number of rotatable bonds is 14. The Hall–Kier alpha value is -7.34. The summed E-state index contributed by atoms with van der Waals surface area (Å²) in [5.74, 6) is 0.0814. The van der Waals surface area contributed by atoms with Gasteiger partial charge in [0.2, 0.25) is 5.89 Å². The largest absolute Gasteiger partial charge is 0.451 e. The third kappa shape index (κ3) is 9.92. The van der Waals surface area contributed by atoms with Crippen molar-refractivity contribution in [3.8, 4) is 22.8 Å². The first-order valence-corrected chi connectivity index (χ1v) is 22.7. The zero-order valence-electron chi connectivity index (χ0n) is 35.2. The Kier molecular flexibility index (Phi) is 12.4. The number of benzene rings is 5. The lowest BCUT2D eigenvalue weighted by Gasteiger charge is -2.36. The van der Waals surface area contributed by atoms with Crippen LogP contribution in [0.5, 0.6) is 0 Å². The van der Waals surface area contributed by atoms with Gasteiger partial charge in [-0.25, -0.2) is 28.2 Å². The van der Waals surface area contributed by atoms with E-state index in [-0.39, 0.29) is 40.3 Å². The number of hydrazine groups is 1. The molecular formula is C48H45N7O9S. The molecule has 16 nitrogen and oxygen atoms in total. The predicted molar refractivity (Wildman–Crippen MR) is 244 cm³/mol. The van der Waals surface area contributed by atoms with Gasteiger partial charge in [0.1, 0.15) is 17.0 Å². The minimum absolute atomic E-state index is 0.0290. The maximum Gasteiger partial charge on any atom is 0.291 e. The van der Waals surface area contributed by atoms with Crippen LogP contribution < -0.4 is 19.9 Å². The van der Waals surface area contributed by atoms with Crippen LogP contribution in [-0.4, -0.2) is 81.1 Å². The molecular weight excluding hydrogens is 851 g/mol. The summed E-state index contributed by atoms with van der Waals surface area (Å²) in [5, 5.41) is 15.3. The van der Waals surface area contributed by atoms with Gasteiger partial charge in [-0.15, -0.1) is 0 Å². The lowest BCUT2D eigenvalue weighted by atomic mass is 10.00. The number of carbonyl (C=O) groups is 2. The number of sulfonamides is 1. The number of hydrogen-bond donors (Lipinski definition) is 2. The fraction of sp³-hybridized carbons (Fsp3) is 0.229. The molecule has 9 rings (SSSR count). The van der Waals surface area contributed by atoms with Crippen molar-refractivity contribution in [2.45, 2.75) is 24.3 Å². The van der Waals surface area contributed by atoms with E-state index in [4.69, 9.17) is 13.6 Å². The summed E-state index contributed by atoms with van der Waals surface area (Å²) in [6.45, 7) is 4.76. The predicted octanol–water partition coefficient (Wildman–Crippen LogP) is 7.87. The quantitative estimate of drug-likeness (QED) is 0.0792. The van der Waals surface area contributed by atoms with Gasteiger partial charge < -0.3 is 23.8 Å². The number of oxazole rings is 1. The summed E-state index contributed by atoms with van der Waals surface area (Å²) in [4.78, 5) is 47.3. The highest BCUT2D eigenvalue weighted by Crippen LogP contribution is 2.30. The fourth-order valence-electron chi connectivity index (χ4n) is 8.13. The number of aromatic nitrogens is 1. The number of anilines is 3. The Bertz CT molecular complexity index is 2940. The zero-order valence-corrected chi connectivity index (χ0v) is 36.0. The monoisotopic (exact) mass is 895 g/mol. The van der Waals surface area contributed by atoms with Crippen LogP contribution in [0.25, 0.3) is 33.9 Å². The van der Waals surface area contributed by atoms with E-state index in [1.54, 1.807) is 54.6 Å². The van der Waals surface area contributed by atoms with Crippen LogP contribution in [0.2, 0.25) is 0 Å². The molecule has 0 saturated carbocycles. The molecule has 2 fully saturated rings. The van der Waals surface area contributed by atoms with Gasteiger partial charge in [0.05, 0.1) is 11.4 Å². The van der Waals surface area contributed by atoms with Crippen molar-refractivity contribution in [3.05, 3.63) is 160 Å². The highest BCUT2D eigenvalue weighted by atomic mass is 32.2. The number of fused-ring (bicyclic) bond motifs is 1. The Morgan fingerprint density at radius 3 is 2.32 bits per heavy atom. The number of amides is 2. The summed E-state index contributed by atoms with van der Waals surface area (Å²) in [6.07, 6.45) is 1.34. The number of ether oxygens (including phenoxy) is 1. The number of nitrogens with one attached hydrogen (secondary N) is 2. The van der Waals surface area contributed by atoms with Crippen molar-refractivity contribution in [3.63, 3.8) is 0 Å². The van der Waals surface area contributed by atoms with Crippen LogP contribution in [0.1, 0.15) is 39.3 Å². The number of piperazine rings is 1. The highest BCUT2D eigenvalue weighted by Gasteiger charge is 2.28. The first-order valence-electron chi connectivity index (χ1n) is 21.3. The van der Waals surface area contributed by atoms with E-state index in [0.717, 1.165) is 40.5 Å². The Labute approximate surface area is 374 Å². The van der Waals surface area contributed by atoms with Gasteiger partial charge in [-0.3, -0.25) is 14.5 Å². The molecule has 2 amide bonds. The van der Waals surface area contributed by atoms with E-state index in [2.05, 4.69) is 30.9 Å². The van der Waals surface area contributed by atoms with Crippen LogP contribution >= 0.6 is 0 Å². The van der Waals surface area contributed by atoms with Gasteiger partial charge >= 0.3 is 0 Å². The third-order valence-electron chi connectivity index (χ3n) is 11.7. The molecule has 2 aromatic heterocycles. The Morgan fingerprint density at radius 2 is 1.55 bits per heavy atom. The molecule has 0 aliphatic carbocycles. The van der Waals surface area contributed by atoms with E-state index < -0.39 is 21.0 Å². The highest BCUT2D eigenvalue weighted by molar-refractivity contribution is 7.90. The average Bonchev–Trinajstić information content (AvgIpc) is 4.00. The molecule has 4 heterocycles. The maximum atomic E-state index is 13.3. The van der Waals surface area contributed by atoms with Crippen molar-refractivity contribution < 1.29 is 36.6 Å². The van der Waals surface area contributed by atoms with E-state index >= 15 is 0 Å². The van der Waals surface area contributed by atoms with Crippen LogP contribution in [0.3, 0.4) is 0 Å². The van der Waals surface area contributed by atoms with Gasteiger partial charge in [0.25, 0.3) is 21.8 Å². The summed E-state index contributed by atoms with van der Waals surface area (Å²) < 4.78 is 46.1. The third-order valence-corrected chi connectivity index (χ3v) is 13.0. The van der Waals surface area contributed by atoms with E-state index in [0.29, 0.717) is 74.1 Å². The number of furan rings is 1. The average molecular weight is 896 g/mol. The molecule has 5 aromatic carbocycles. The Balaban J connectivity index is 0.783. The zero-order chi connectivity index (χ0) is 44.9. The van der Waals surface area contributed by atoms with Crippen molar-refractivity contribution in [1.29, 1.82) is 0 Å². The van der Waals surface area contributed by atoms with Crippen molar-refractivity contribution >= 4 is 50.0 Å². The van der Waals surface area contributed by atoms with Gasteiger partial charge in [-0.05, 0) is 109 Å². The topological polar surface area (TPSA) is 194 Å². The second-order valence-corrected chi connectivity index (χ2v) is 17.6. The molecule has 7 aromatic rings. The fourth-order valence-corrected chi connectivity index (χ4v) is 9.14. The minimum atomic E-state index is -4.35. The van der Waals surface area contributed by atoms with Crippen LogP contribution in [0.4, 0.5) is 17.1 Å². The molecule has 65 heavy (non-hydrogen) atoms. The van der Waals surface area contributed by atoms with E-state index in [1.165, 1.54) is 24.3 Å². The Morgan fingerprint density at radius 1 is 0.800 bits per heavy atom. The maximum absolute atomic E-state index is 13.3. The smallest absolute Gasteiger partial charge is 0.291 e. The number of nitro groups is 1. The molecule has 2 aliphatic heterocycles. The molecule has 0 atom stereocenters. The first kappa shape index (κ1) is 42.9. The molecule has 0 radical (unpaired) electrons.